The number of quaternary nitrogens is 1. The van der Waals surface area contributed by atoms with Crippen LogP contribution in [0, 0.1) is 6.92 Å². The van der Waals surface area contributed by atoms with Crippen molar-refractivity contribution in [3.8, 4) is 5.69 Å². The summed E-state index contributed by atoms with van der Waals surface area (Å²) in [7, 11) is 1.93. The summed E-state index contributed by atoms with van der Waals surface area (Å²) in [6.45, 7) is 3.94. The van der Waals surface area contributed by atoms with Crippen molar-refractivity contribution >= 4 is 0 Å². The summed E-state index contributed by atoms with van der Waals surface area (Å²) in [5, 5.41) is 9.61. The molecule has 1 saturated heterocycles. The van der Waals surface area contributed by atoms with Crippen molar-refractivity contribution in [3.05, 3.63) is 51.9 Å². The Bertz CT molecular complexity index is 718. The normalized spacial score (nSPS) is 21.5. The van der Waals surface area contributed by atoms with Crippen molar-refractivity contribution in [2.45, 2.75) is 38.8 Å². The first-order valence-corrected chi connectivity index (χ1v) is 8.41. The van der Waals surface area contributed by atoms with Gasteiger partial charge in [0.25, 0.3) is 5.56 Å². The molecule has 1 aromatic carbocycles. The molecule has 2 heterocycles. The number of piperidine rings is 1. The van der Waals surface area contributed by atoms with Crippen molar-refractivity contribution < 1.29 is 10.0 Å². The van der Waals surface area contributed by atoms with E-state index in [-0.39, 0.29) is 18.2 Å². The fourth-order valence-electron chi connectivity index (χ4n) is 3.66. The molecule has 1 unspecified atom stereocenters. The maximum absolute atomic E-state index is 12.9. The average molecular weight is 316 g/mol. The third-order valence-electron chi connectivity index (χ3n) is 5.18. The van der Waals surface area contributed by atoms with E-state index in [9.17, 15) is 9.90 Å². The second kappa shape index (κ2) is 6.72. The minimum absolute atomic E-state index is 0.0611. The highest BCUT2D eigenvalue weighted by molar-refractivity contribution is 5.33. The van der Waals surface area contributed by atoms with Crippen LogP contribution in [0.3, 0.4) is 0 Å². The van der Waals surface area contributed by atoms with E-state index < -0.39 is 0 Å². The monoisotopic (exact) mass is 316 g/mol. The molecule has 0 bridgehead atoms. The molecule has 2 aromatic rings. The van der Waals surface area contributed by atoms with E-state index in [1.807, 2.05) is 49.0 Å². The lowest BCUT2D eigenvalue weighted by atomic mass is 10.0. The van der Waals surface area contributed by atoms with Gasteiger partial charge in [0.1, 0.15) is 12.6 Å². The zero-order chi connectivity index (χ0) is 16.4. The van der Waals surface area contributed by atoms with Crippen LogP contribution in [0.2, 0.25) is 0 Å². The summed E-state index contributed by atoms with van der Waals surface area (Å²) in [6.07, 6.45) is 3.39. The topological polar surface area (TPSA) is 51.6 Å². The maximum atomic E-state index is 12.9. The van der Waals surface area contributed by atoms with Gasteiger partial charge in [0.15, 0.2) is 0 Å². The van der Waals surface area contributed by atoms with Crippen LogP contribution in [0.1, 0.15) is 30.5 Å². The summed E-state index contributed by atoms with van der Waals surface area (Å²) in [4.78, 5) is 14.3. The van der Waals surface area contributed by atoms with E-state index in [4.69, 9.17) is 0 Å². The molecule has 0 amide bonds. The van der Waals surface area contributed by atoms with Crippen LogP contribution in [-0.2, 0) is 13.6 Å². The molecule has 5 nitrogen and oxygen atoms in total. The number of rotatable bonds is 4. The zero-order valence-electron chi connectivity index (χ0n) is 14.0. The van der Waals surface area contributed by atoms with Gasteiger partial charge in [-0.3, -0.25) is 9.48 Å². The van der Waals surface area contributed by atoms with E-state index in [1.54, 1.807) is 4.68 Å². The van der Waals surface area contributed by atoms with Gasteiger partial charge in [-0.25, -0.2) is 4.68 Å². The molecule has 23 heavy (non-hydrogen) atoms. The number of nitrogens with one attached hydrogen (secondary N) is 1. The Morgan fingerprint density at radius 3 is 2.70 bits per heavy atom. The fraction of sp³-hybridized carbons (Fsp3) is 0.500. The minimum atomic E-state index is 0.0611. The van der Waals surface area contributed by atoms with E-state index in [0.29, 0.717) is 6.54 Å². The molecule has 2 N–H and O–H groups in total. The fourth-order valence-corrected chi connectivity index (χ4v) is 3.66. The lowest BCUT2D eigenvalue weighted by molar-refractivity contribution is -0.944. The van der Waals surface area contributed by atoms with E-state index in [1.165, 1.54) is 17.7 Å². The number of para-hydroxylation sites is 1. The Hall–Kier alpha value is -1.85. The molecule has 5 heteroatoms. The summed E-state index contributed by atoms with van der Waals surface area (Å²) in [5.41, 5.74) is 2.83. The Morgan fingerprint density at radius 2 is 2.00 bits per heavy atom. The molecule has 1 aromatic heterocycles. The minimum Gasteiger partial charge on any atom is -0.390 e. The molecule has 1 aliphatic heterocycles. The molecular formula is C18H26N3O2+. The van der Waals surface area contributed by atoms with Gasteiger partial charge < -0.3 is 10.0 Å². The largest absolute Gasteiger partial charge is 0.390 e. The van der Waals surface area contributed by atoms with Crippen molar-refractivity contribution in [2.24, 2.45) is 7.05 Å². The molecule has 0 radical (unpaired) electrons. The third kappa shape index (κ3) is 2.99. The predicted molar refractivity (Wildman–Crippen MR) is 90.0 cm³/mol. The average Bonchev–Trinajstić information content (AvgIpc) is 2.80. The first-order valence-electron chi connectivity index (χ1n) is 8.41. The smallest absolute Gasteiger partial charge is 0.280 e. The van der Waals surface area contributed by atoms with Gasteiger partial charge in [-0.15, -0.1) is 0 Å². The third-order valence-corrected chi connectivity index (χ3v) is 5.18. The highest BCUT2D eigenvalue weighted by atomic mass is 16.3. The second-order valence-corrected chi connectivity index (χ2v) is 6.50. The van der Waals surface area contributed by atoms with Crippen LogP contribution in [0.25, 0.3) is 5.69 Å². The van der Waals surface area contributed by atoms with Gasteiger partial charge in [-0.2, -0.15) is 0 Å². The van der Waals surface area contributed by atoms with Gasteiger partial charge in [-0.05, 0) is 31.9 Å². The Balaban J connectivity index is 1.96. The van der Waals surface area contributed by atoms with Crippen LogP contribution in [0.15, 0.2) is 35.1 Å². The molecule has 0 saturated carbocycles. The predicted octanol–water partition coefficient (Wildman–Crippen LogP) is 0.414. The van der Waals surface area contributed by atoms with Gasteiger partial charge in [0.2, 0.25) is 0 Å². The van der Waals surface area contributed by atoms with Crippen molar-refractivity contribution in [3.63, 3.8) is 0 Å². The zero-order valence-corrected chi connectivity index (χ0v) is 14.0. The van der Waals surface area contributed by atoms with Crippen molar-refractivity contribution in [1.82, 2.24) is 9.36 Å². The van der Waals surface area contributed by atoms with E-state index in [0.717, 1.165) is 29.9 Å². The highest BCUT2D eigenvalue weighted by Gasteiger charge is 2.28. The van der Waals surface area contributed by atoms with Crippen LogP contribution >= 0.6 is 0 Å². The number of aliphatic hydroxyl groups is 1. The molecule has 124 valence electrons. The van der Waals surface area contributed by atoms with E-state index in [2.05, 4.69) is 0 Å². The molecule has 0 spiro atoms. The van der Waals surface area contributed by atoms with Crippen LogP contribution < -0.4 is 10.5 Å². The summed E-state index contributed by atoms with van der Waals surface area (Å²) < 4.78 is 3.67. The van der Waals surface area contributed by atoms with Gasteiger partial charge in [0.05, 0.1) is 24.4 Å². The summed E-state index contributed by atoms with van der Waals surface area (Å²) in [5.74, 6) is 0. The van der Waals surface area contributed by atoms with Crippen LogP contribution in [-0.4, -0.2) is 33.7 Å². The first-order chi connectivity index (χ1) is 11.1. The Morgan fingerprint density at radius 1 is 1.26 bits per heavy atom. The Kier molecular flexibility index (Phi) is 4.68. The number of hydrogen-bond acceptors (Lipinski definition) is 2. The number of hydrogen-bond donors (Lipinski definition) is 2. The first kappa shape index (κ1) is 16.0. The molecular weight excluding hydrogens is 290 g/mol. The maximum Gasteiger partial charge on any atom is 0.280 e. The molecule has 3 rings (SSSR count). The SMILES string of the molecule is Cc1c(C[NH+]2CCCC[C@@H]2CO)c(=O)n(-c2ccccc2)n1C. The number of likely N-dealkylation sites (tertiary alicyclic amines) is 1. The second-order valence-electron chi connectivity index (χ2n) is 6.50. The van der Waals surface area contributed by atoms with Crippen molar-refractivity contribution in [1.29, 1.82) is 0 Å². The van der Waals surface area contributed by atoms with Crippen LogP contribution in [0.5, 0.6) is 0 Å². The number of benzene rings is 1. The quantitative estimate of drug-likeness (QED) is 0.859. The molecule has 0 aliphatic carbocycles. The molecule has 1 fully saturated rings. The van der Waals surface area contributed by atoms with Gasteiger partial charge in [0, 0.05) is 19.2 Å². The van der Waals surface area contributed by atoms with Gasteiger partial charge in [-0.1, -0.05) is 18.2 Å². The lowest BCUT2D eigenvalue weighted by Crippen LogP contribution is -3.16. The summed E-state index contributed by atoms with van der Waals surface area (Å²) >= 11 is 0. The van der Waals surface area contributed by atoms with Gasteiger partial charge >= 0.3 is 0 Å². The standard InChI is InChI=1S/C18H25N3O2/c1-14-17(12-20-11-7-6-10-16(20)13-22)18(23)21(19(14)2)15-8-4-3-5-9-15/h3-5,8-9,16,22H,6-7,10-13H2,1-2H3/p+1/t16-/m1/s1. The van der Waals surface area contributed by atoms with Crippen molar-refractivity contribution in [2.75, 3.05) is 13.2 Å². The van der Waals surface area contributed by atoms with Crippen LogP contribution in [0.4, 0.5) is 0 Å². The molecule has 1 aliphatic rings. The number of nitrogens with zero attached hydrogens (tertiary/aromatic N) is 2. The lowest BCUT2D eigenvalue weighted by Gasteiger charge is -2.31. The number of aliphatic hydroxyl groups excluding tert-OH is 1. The number of aromatic nitrogens is 2. The summed E-state index contributed by atoms with van der Waals surface area (Å²) in [6, 6.07) is 10.0. The Labute approximate surface area is 136 Å². The molecule has 2 atom stereocenters. The van der Waals surface area contributed by atoms with E-state index >= 15 is 0 Å². The highest BCUT2D eigenvalue weighted by Crippen LogP contribution is 2.10.